The van der Waals surface area contributed by atoms with Crippen LogP contribution in [0.15, 0.2) is 24.3 Å². The van der Waals surface area contributed by atoms with Gasteiger partial charge in [-0.15, -0.1) is 0 Å². The van der Waals surface area contributed by atoms with Gasteiger partial charge in [0.25, 0.3) is 23.6 Å². The van der Waals surface area contributed by atoms with Crippen LogP contribution >= 0.6 is 0 Å². The molecule has 0 unspecified atom stereocenters. The van der Waals surface area contributed by atoms with Gasteiger partial charge >= 0.3 is 0 Å². The quantitative estimate of drug-likeness (QED) is 0.296. The third-order valence-electron chi connectivity index (χ3n) is 6.25. The smallest absolute Gasteiger partial charge is 0.253 e. The van der Waals surface area contributed by atoms with Gasteiger partial charge in [-0.1, -0.05) is 0 Å². The van der Waals surface area contributed by atoms with E-state index in [-0.39, 0.29) is 44.2 Å². The zero-order chi connectivity index (χ0) is 26.9. The highest BCUT2D eigenvalue weighted by Crippen LogP contribution is 2.18. The van der Waals surface area contributed by atoms with Crippen molar-refractivity contribution < 1.29 is 33.4 Å². The summed E-state index contributed by atoms with van der Waals surface area (Å²) >= 11 is 0. The van der Waals surface area contributed by atoms with Crippen LogP contribution in [0, 0.1) is 0 Å². The molecule has 2 aliphatic rings. The molecule has 11 nitrogen and oxygen atoms in total. The van der Waals surface area contributed by atoms with Crippen LogP contribution in [0.2, 0.25) is 0 Å². The van der Waals surface area contributed by atoms with Crippen LogP contribution in [0.25, 0.3) is 0 Å². The molecule has 0 saturated heterocycles. The van der Waals surface area contributed by atoms with Crippen molar-refractivity contribution in [3.05, 3.63) is 24.3 Å². The lowest BCUT2D eigenvalue weighted by molar-refractivity contribution is -0.137. The van der Waals surface area contributed by atoms with Crippen LogP contribution in [0.1, 0.15) is 40.5 Å². The van der Waals surface area contributed by atoms with Crippen LogP contribution in [0.4, 0.5) is 0 Å². The Hall–Kier alpha value is -2.89. The van der Waals surface area contributed by atoms with Crippen LogP contribution < -0.4 is 5.32 Å². The number of nitrogens with zero attached hydrogens (tertiary/aromatic N) is 3. The number of amides is 5. The lowest BCUT2D eigenvalue weighted by atomic mass is 10.0. The highest BCUT2D eigenvalue weighted by Gasteiger charge is 2.27. The van der Waals surface area contributed by atoms with E-state index in [1.54, 1.807) is 12.0 Å². The fraction of sp³-hybridized carbons (Fsp3) is 0.640. The van der Waals surface area contributed by atoms with Gasteiger partial charge in [0.05, 0.1) is 24.4 Å². The molecule has 200 valence electrons. The van der Waals surface area contributed by atoms with E-state index in [1.165, 1.54) is 24.3 Å². The molecule has 0 aromatic heterocycles. The lowest BCUT2D eigenvalue weighted by Gasteiger charge is -2.29. The minimum atomic E-state index is -0.441. The number of methoxy groups -OCH3 is 1. The maximum Gasteiger partial charge on any atom is 0.253 e. The third-order valence-corrected chi connectivity index (χ3v) is 6.25. The van der Waals surface area contributed by atoms with Crippen molar-refractivity contribution in [2.45, 2.75) is 51.7 Å². The minimum absolute atomic E-state index is 0.0172. The standard InChI is InChI=1S/C25H38N4O7/c1-24(2,35-5)11-17-36-25(3,4)10-12-26-19(30)18-27(13-15-28-20(31)6-7-21(28)32)14-16-29-22(33)8-9-23(29)34/h6-9H,10-18H2,1-5H3,(H,26,30). The lowest BCUT2D eigenvalue weighted by Crippen LogP contribution is -2.46. The molecule has 0 saturated carbocycles. The summed E-state index contributed by atoms with van der Waals surface area (Å²) in [6, 6.07) is 0. The van der Waals surface area contributed by atoms with Crippen molar-refractivity contribution in [1.82, 2.24) is 20.0 Å². The minimum Gasteiger partial charge on any atom is -0.379 e. The van der Waals surface area contributed by atoms with Gasteiger partial charge in [-0.25, -0.2) is 0 Å². The van der Waals surface area contributed by atoms with E-state index in [4.69, 9.17) is 9.47 Å². The number of hydrogen-bond acceptors (Lipinski definition) is 8. The van der Waals surface area contributed by atoms with Gasteiger partial charge < -0.3 is 14.8 Å². The van der Waals surface area contributed by atoms with Crippen LogP contribution in [0.5, 0.6) is 0 Å². The Labute approximate surface area is 212 Å². The fourth-order valence-corrected chi connectivity index (χ4v) is 3.57. The van der Waals surface area contributed by atoms with Gasteiger partial charge in [-0.05, 0) is 40.5 Å². The number of ether oxygens (including phenoxy) is 2. The molecular formula is C25H38N4O7. The largest absolute Gasteiger partial charge is 0.379 e. The van der Waals surface area contributed by atoms with E-state index < -0.39 is 29.2 Å². The van der Waals surface area contributed by atoms with Crippen LogP contribution in [-0.4, -0.2) is 108 Å². The summed E-state index contributed by atoms with van der Waals surface area (Å²) in [5.41, 5.74) is -0.710. The van der Waals surface area contributed by atoms with Gasteiger partial charge in [0.1, 0.15) is 0 Å². The summed E-state index contributed by atoms with van der Waals surface area (Å²) in [7, 11) is 1.67. The Morgan fingerprint density at radius 3 is 1.75 bits per heavy atom. The second-order valence-electron chi connectivity index (χ2n) is 10.0. The molecular weight excluding hydrogens is 468 g/mol. The van der Waals surface area contributed by atoms with Crippen molar-refractivity contribution >= 4 is 29.5 Å². The number of nitrogens with one attached hydrogen (secondary N) is 1. The Kier molecular flexibility index (Phi) is 10.5. The Morgan fingerprint density at radius 1 is 0.833 bits per heavy atom. The van der Waals surface area contributed by atoms with Crippen LogP contribution in [0.3, 0.4) is 0 Å². The molecule has 1 N–H and O–H groups in total. The molecule has 0 spiro atoms. The average molecular weight is 507 g/mol. The molecule has 0 atom stereocenters. The van der Waals surface area contributed by atoms with E-state index in [1.807, 2.05) is 27.7 Å². The molecule has 36 heavy (non-hydrogen) atoms. The van der Waals surface area contributed by atoms with Crippen molar-refractivity contribution in [3.8, 4) is 0 Å². The number of hydrogen-bond donors (Lipinski definition) is 1. The van der Waals surface area contributed by atoms with Crippen molar-refractivity contribution in [3.63, 3.8) is 0 Å². The first-order valence-electron chi connectivity index (χ1n) is 12.1. The van der Waals surface area contributed by atoms with E-state index in [0.29, 0.717) is 19.6 Å². The molecule has 0 aliphatic carbocycles. The van der Waals surface area contributed by atoms with Gasteiger partial charge in [0.15, 0.2) is 0 Å². The third kappa shape index (κ3) is 9.29. The van der Waals surface area contributed by atoms with E-state index in [2.05, 4.69) is 5.32 Å². The normalized spacial score (nSPS) is 16.3. The average Bonchev–Trinajstić information content (AvgIpc) is 3.29. The molecule has 5 amide bonds. The predicted molar refractivity (Wildman–Crippen MR) is 132 cm³/mol. The van der Waals surface area contributed by atoms with Crippen molar-refractivity contribution in [2.75, 3.05) is 53.0 Å². The summed E-state index contributed by atoms with van der Waals surface area (Å²) in [4.78, 5) is 63.9. The monoisotopic (exact) mass is 506 g/mol. The van der Waals surface area contributed by atoms with E-state index in [9.17, 15) is 24.0 Å². The summed E-state index contributed by atoms with van der Waals surface area (Å²) < 4.78 is 11.4. The SMILES string of the molecule is COC(C)(C)CCOC(C)(C)CCNC(=O)CN(CCN1C(=O)C=CC1=O)CCN1C(=O)C=CC1=O. The summed E-state index contributed by atoms with van der Waals surface area (Å²) in [6.07, 6.45) is 6.14. The molecule has 0 fully saturated rings. The first-order valence-corrected chi connectivity index (χ1v) is 12.1. The number of carbonyl (C=O) groups is 5. The molecule has 11 heteroatoms. The molecule has 2 heterocycles. The Balaban J connectivity index is 1.83. The van der Waals surface area contributed by atoms with Crippen molar-refractivity contribution in [2.24, 2.45) is 0 Å². The fourth-order valence-electron chi connectivity index (χ4n) is 3.57. The summed E-state index contributed by atoms with van der Waals surface area (Å²) in [5, 5.41) is 2.87. The maximum atomic E-state index is 12.6. The molecule has 0 aromatic rings. The van der Waals surface area contributed by atoms with E-state index in [0.717, 1.165) is 16.2 Å². The van der Waals surface area contributed by atoms with Gasteiger partial charge in [0, 0.05) is 64.1 Å². The second kappa shape index (κ2) is 12.9. The highest BCUT2D eigenvalue weighted by molar-refractivity contribution is 6.13. The van der Waals surface area contributed by atoms with E-state index >= 15 is 0 Å². The molecule has 0 radical (unpaired) electrons. The molecule has 2 aliphatic heterocycles. The molecule has 0 aromatic carbocycles. The van der Waals surface area contributed by atoms with Gasteiger partial charge in [-0.3, -0.25) is 38.7 Å². The second-order valence-corrected chi connectivity index (χ2v) is 10.0. The Morgan fingerprint density at radius 2 is 1.31 bits per heavy atom. The molecule has 2 rings (SSSR count). The zero-order valence-electron chi connectivity index (χ0n) is 21.9. The maximum absolute atomic E-state index is 12.6. The summed E-state index contributed by atoms with van der Waals surface area (Å²) in [6.45, 7) is 9.45. The zero-order valence-corrected chi connectivity index (χ0v) is 21.9. The number of rotatable bonds is 16. The van der Waals surface area contributed by atoms with Crippen molar-refractivity contribution in [1.29, 1.82) is 0 Å². The summed E-state index contributed by atoms with van der Waals surface area (Å²) in [5.74, 6) is -1.88. The first-order chi connectivity index (χ1) is 16.8. The predicted octanol–water partition coefficient (Wildman–Crippen LogP) is 0.255. The first kappa shape index (κ1) is 29.3. The topological polar surface area (TPSA) is 126 Å². The van der Waals surface area contributed by atoms with Crippen LogP contribution in [-0.2, 0) is 33.4 Å². The number of imide groups is 2. The van der Waals surface area contributed by atoms with Gasteiger partial charge in [0.2, 0.25) is 5.91 Å². The number of carbonyl (C=O) groups excluding carboxylic acids is 5. The highest BCUT2D eigenvalue weighted by atomic mass is 16.5. The Bertz CT molecular complexity index is 828. The molecule has 0 bridgehead atoms. The van der Waals surface area contributed by atoms with Gasteiger partial charge in [-0.2, -0.15) is 0 Å².